The number of carbonyl (C=O) groups excluding carboxylic acids is 1. The summed E-state index contributed by atoms with van der Waals surface area (Å²) >= 11 is 0. The fraction of sp³-hybridized carbons (Fsp3) is 0.0909. The lowest BCUT2D eigenvalue weighted by Crippen LogP contribution is -2.38. The van der Waals surface area contributed by atoms with E-state index < -0.39 is 27.3 Å². The molecule has 7 nitrogen and oxygen atoms in total. The van der Waals surface area contributed by atoms with E-state index in [0.29, 0.717) is 22.8 Å². The number of amides is 1. The summed E-state index contributed by atoms with van der Waals surface area (Å²) in [6.07, 6.45) is 1.40. The Hall–Kier alpha value is -3.65. The van der Waals surface area contributed by atoms with Crippen molar-refractivity contribution in [3.05, 3.63) is 94.1 Å². The minimum Gasteiger partial charge on any atom is -0.457 e. The lowest BCUT2D eigenvalue weighted by atomic mass is 10.1. The Labute approximate surface area is 173 Å². The molecule has 2 N–H and O–H groups in total. The van der Waals surface area contributed by atoms with Crippen LogP contribution in [-0.4, -0.2) is 31.1 Å². The molecular weight excluding hydrogens is 404 g/mol. The highest BCUT2D eigenvalue weighted by atomic mass is 32.2. The van der Waals surface area contributed by atoms with Crippen LogP contribution < -0.4 is 15.6 Å². The zero-order valence-electron chi connectivity index (χ0n) is 15.7. The van der Waals surface area contributed by atoms with Crippen LogP contribution in [0, 0.1) is 0 Å². The van der Waals surface area contributed by atoms with Crippen molar-refractivity contribution < 1.29 is 17.9 Å². The molecule has 0 saturated heterocycles. The first kappa shape index (κ1) is 19.7. The van der Waals surface area contributed by atoms with Crippen LogP contribution in [0.15, 0.2) is 83.0 Å². The number of ether oxygens (including phenoxy) is 1. The van der Waals surface area contributed by atoms with E-state index in [0.717, 1.165) is 5.41 Å². The maximum atomic E-state index is 12.5. The van der Waals surface area contributed by atoms with Crippen molar-refractivity contribution in [3.8, 4) is 22.8 Å². The number of para-hydroxylation sites is 2. The van der Waals surface area contributed by atoms with Gasteiger partial charge in [-0.25, -0.2) is 8.42 Å². The second kappa shape index (κ2) is 8.00. The molecule has 2 aromatic carbocycles. The number of H-pyrrole nitrogens is 1. The molecule has 0 bridgehead atoms. The van der Waals surface area contributed by atoms with Crippen LogP contribution >= 0.6 is 0 Å². The van der Waals surface area contributed by atoms with Crippen molar-refractivity contribution in [1.82, 2.24) is 10.3 Å². The van der Waals surface area contributed by atoms with Crippen LogP contribution in [0.1, 0.15) is 10.4 Å². The van der Waals surface area contributed by atoms with Gasteiger partial charge in [0.1, 0.15) is 17.1 Å². The molecule has 0 aliphatic carbocycles. The van der Waals surface area contributed by atoms with Crippen molar-refractivity contribution >= 4 is 15.7 Å². The standard InChI is InChI=1S/C22H18N2O5S/c25-21(23-15-12-13-30(27,28)14-15)18-10-11-19(24-22(18)26)17-8-4-5-9-20(17)29-16-6-2-1-3-7-16/h1-13,15H,14H2,(H,23,25)(H,24,26)/t15-/m1/s1. The summed E-state index contributed by atoms with van der Waals surface area (Å²) in [6.45, 7) is 0. The second-order valence-corrected chi connectivity index (χ2v) is 8.70. The van der Waals surface area contributed by atoms with Crippen molar-refractivity contribution in [2.45, 2.75) is 6.04 Å². The van der Waals surface area contributed by atoms with Crippen LogP contribution in [0.5, 0.6) is 11.5 Å². The van der Waals surface area contributed by atoms with Crippen molar-refractivity contribution in [2.24, 2.45) is 0 Å². The summed E-state index contributed by atoms with van der Waals surface area (Å²) < 4.78 is 28.9. The molecule has 0 radical (unpaired) electrons. The summed E-state index contributed by atoms with van der Waals surface area (Å²) in [5, 5.41) is 3.61. The predicted molar refractivity (Wildman–Crippen MR) is 113 cm³/mol. The SMILES string of the molecule is O=C(N[C@@H]1C=CS(=O)(=O)C1)c1ccc(-c2ccccc2Oc2ccccc2)[nH]c1=O. The van der Waals surface area contributed by atoms with Gasteiger partial charge in [0.2, 0.25) is 0 Å². The minimum atomic E-state index is -3.30. The molecule has 8 heteroatoms. The van der Waals surface area contributed by atoms with E-state index in [4.69, 9.17) is 4.74 Å². The van der Waals surface area contributed by atoms with Crippen LogP contribution in [0.2, 0.25) is 0 Å². The van der Waals surface area contributed by atoms with Gasteiger partial charge in [0.15, 0.2) is 9.84 Å². The van der Waals surface area contributed by atoms with E-state index in [1.165, 1.54) is 12.1 Å². The molecule has 0 spiro atoms. The molecule has 0 saturated carbocycles. The van der Waals surface area contributed by atoms with E-state index >= 15 is 0 Å². The Bertz CT molecular complexity index is 1280. The number of sulfone groups is 1. The second-order valence-electron chi connectivity index (χ2n) is 6.76. The summed E-state index contributed by atoms with van der Waals surface area (Å²) in [5.74, 6) is 0.364. The first-order valence-electron chi connectivity index (χ1n) is 9.19. The van der Waals surface area contributed by atoms with E-state index in [1.54, 1.807) is 18.2 Å². The van der Waals surface area contributed by atoms with Gasteiger partial charge in [0, 0.05) is 11.0 Å². The van der Waals surface area contributed by atoms with Crippen LogP contribution in [-0.2, 0) is 9.84 Å². The quantitative estimate of drug-likeness (QED) is 0.658. The van der Waals surface area contributed by atoms with Gasteiger partial charge in [-0.2, -0.15) is 0 Å². The van der Waals surface area contributed by atoms with E-state index in [9.17, 15) is 18.0 Å². The lowest BCUT2D eigenvalue weighted by Gasteiger charge is -2.12. The smallest absolute Gasteiger partial charge is 0.261 e. The molecule has 30 heavy (non-hydrogen) atoms. The van der Waals surface area contributed by atoms with Gasteiger partial charge in [0.25, 0.3) is 11.5 Å². The highest BCUT2D eigenvalue weighted by molar-refractivity contribution is 7.94. The van der Waals surface area contributed by atoms with E-state index in [2.05, 4.69) is 10.3 Å². The molecule has 1 aromatic heterocycles. The van der Waals surface area contributed by atoms with E-state index in [1.807, 2.05) is 42.5 Å². The Kier molecular flexibility index (Phi) is 5.24. The number of aromatic amines is 1. The number of hydrogen-bond acceptors (Lipinski definition) is 5. The summed E-state index contributed by atoms with van der Waals surface area (Å²) in [5.41, 5.74) is 0.476. The van der Waals surface area contributed by atoms with Gasteiger partial charge in [-0.1, -0.05) is 30.3 Å². The number of benzene rings is 2. The lowest BCUT2D eigenvalue weighted by molar-refractivity contribution is 0.0946. The van der Waals surface area contributed by atoms with Gasteiger partial charge in [-0.05, 0) is 42.5 Å². The normalized spacial score (nSPS) is 16.9. The highest BCUT2D eigenvalue weighted by Gasteiger charge is 2.24. The number of pyridine rings is 1. The molecule has 152 valence electrons. The zero-order valence-corrected chi connectivity index (χ0v) is 16.6. The monoisotopic (exact) mass is 422 g/mol. The fourth-order valence-electron chi connectivity index (χ4n) is 3.12. The maximum Gasteiger partial charge on any atom is 0.261 e. The Balaban J connectivity index is 1.58. The molecule has 0 unspecified atom stereocenters. The van der Waals surface area contributed by atoms with E-state index in [-0.39, 0.29) is 11.3 Å². The fourth-order valence-corrected chi connectivity index (χ4v) is 4.35. The molecule has 1 atom stereocenters. The molecule has 2 heterocycles. The van der Waals surface area contributed by atoms with Crippen LogP contribution in [0.25, 0.3) is 11.3 Å². The minimum absolute atomic E-state index is 0.0992. The average molecular weight is 422 g/mol. The molecule has 4 rings (SSSR count). The van der Waals surface area contributed by atoms with Crippen LogP contribution in [0.3, 0.4) is 0 Å². The van der Waals surface area contributed by atoms with Gasteiger partial charge in [-0.3, -0.25) is 9.59 Å². The molecule has 1 amide bonds. The van der Waals surface area contributed by atoms with Crippen molar-refractivity contribution in [3.63, 3.8) is 0 Å². The first-order chi connectivity index (χ1) is 14.4. The van der Waals surface area contributed by atoms with Gasteiger partial charge >= 0.3 is 0 Å². The van der Waals surface area contributed by atoms with Crippen LogP contribution in [0.4, 0.5) is 0 Å². The summed E-state index contributed by atoms with van der Waals surface area (Å²) in [4.78, 5) is 27.6. The highest BCUT2D eigenvalue weighted by Crippen LogP contribution is 2.31. The average Bonchev–Trinajstić information content (AvgIpc) is 3.07. The summed E-state index contributed by atoms with van der Waals surface area (Å²) in [7, 11) is -3.30. The third-order valence-electron chi connectivity index (χ3n) is 4.55. The Morgan fingerprint density at radius 1 is 1.00 bits per heavy atom. The number of nitrogens with one attached hydrogen (secondary N) is 2. The Morgan fingerprint density at radius 3 is 2.43 bits per heavy atom. The predicted octanol–water partition coefficient (Wildman–Crippen LogP) is 2.87. The van der Waals surface area contributed by atoms with Crippen molar-refractivity contribution in [1.29, 1.82) is 0 Å². The molecule has 3 aromatic rings. The largest absolute Gasteiger partial charge is 0.457 e. The zero-order chi connectivity index (χ0) is 21.1. The number of rotatable bonds is 5. The Morgan fingerprint density at radius 2 is 1.73 bits per heavy atom. The third-order valence-corrected chi connectivity index (χ3v) is 5.94. The third kappa shape index (κ3) is 4.33. The van der Waals surface area contributed by atoms with Gasteiger partial charge < -0.3 is 15.0 Å². The molecule has 1 aliphatic heterocycles. The van der Waals surface area contributed by atoms with Crippen molar-refractivity contribution in [2.75, 3.05) is 5.75 Å². The number of carbonyl (C=O) groups is 1. The molecular formula is C22H18N2O5S. The topological polar surface area (TPSA) is 105 Å². The number of aromatic nitrogens is 1. The van der Waals surface area contributed by atoms with Gasteiger partial charge in [-0.15, -0.1) is 0 Å². The molecule has 0 fully saturated rings. The first-order valence-corrected chi connectivity index (χ1v) is 10.9. The number of hydrogen-bond donors (Lipinski definition) is 2. The van der Waals surface area contributed by atoms with Gasteiger partial charge in [0.05, 0.1) is 17.5 Å². The maximum absolute atomic E-state index is 12.5. The summed E-state index contributed by atoms with van der Waals surface area (Å²) in [6, 6.07) is 18.9. The molecule has 1 aliphatic rings.